The second-order valence-corrected chi connectivity index (χ2v) is 6.77. The van der Waals surface area contributed by atoms with Crippen LogP contribution in [0.1, 0.15) is 27.9 Å². The van der Waals surface area contributed by atoms with Crippen LogP contribution in [0.25, 0.3) is 0 Å². The molecule has 3 rings (SSSR count). The Bertz CT molecular complexity index is 800. The molecule has 0 saturated heterocycles. The van der Waals surface area contributed by atoms with E-state index in [0.29, 0.717) is 16.8 Å². The van der Waals surface area contributed by atoms with Gasteiger partial charge in [-0.2, -0.15) is 0 Å². The molecule has 1 atom stereocenters. The van der Waals surface area contributed by atoms with Crippen LogP contribution in [0.4, 0.5) is 5.69 Å². The predicted octanol–water partition coefficient (Wildman–Crippen LogP) is 3.19. The number of hydrogen-bond acceptors (Lipinski definition) is 3. The number of carbonyl (C=O) groups is 2. The Labute approximate surface area is 142 Å². The van der Waals surface area contributed by atoms with Crippen molar-refractivity contribution in [3.05, 3.63) is 63.6 Å². The second-order valence-electron chi connectivity index (χ2n) is 5.85. The molecule has 0 fully saturated rings. The summed E-state index contributed by atoms with van der Waals surface area (Å²) in [6.45, 7) is 1.94. The number of likely N-dealkylation sites (N-methyl/N-ethyl adjacent to an activating group) is 1. The summed E-state index contributed by atoms with van der Waals surface area (Å²) < 4.78 is 0.751. The zero-order valence-corrected chi connectivity index (χ0v) is 14.4. The van der Waals surface area contributed by atoms with Crippen molar-refractivity contribution in [3.63, 3.8) is 0 Å². The summed E-state index contributed by atoms with van der Waals surface area (Å²) in [6.07, 6.45) is -0.275. The maximum atomic E-state index is 12.5. The van der Waals surface area contributed by atoms with Gasteiger partial charge in [0.2, 0.25) is 0 Å². The van der Waals surface area contributed by atoms with Crippen molar-refractivity contribution in [2.75, 3.05) is 11.9 Å². The molecule has 2 aromatic rings. The monoisotopic (exact) mass is 373 g/mol. The number of benzene rings is 2. The normalized spacial score (nSPS) is 19.8. The molecule has 23 heavy (non-hydrogen) atoms. The van der Waals surface area contributed by atoms with E-state index in [0.717, 1.165) is 10.0 Å². The molecule has 0 aliphatic carbocycles. The average Bonchev–Trinajstić information content (AvgIpc) is 2.70. The molecule has 1 amide bonds. The van der Waals surface area contributed by atoms with Crippen LogP contribution in [0.5, 0.6) is 0 Å². The molecule has 1 N–H and O–H groups in total. The van der Waals surface area contributed by atoms with Gasteiger partial charge in [0.05, 0.1) is 12.1 Å². The third-order valence-electron chi connectivity index (χ3n) is 4.21. The lowest BCUT2D eigenvalue weighted by molar-refractivity contribution is -0.135. The van der Waals surface area contributed by atoms with Crippen LogP contribution < -0.4 is 4.90 Å². The van der Waals surface area contributed by atoms with E-state index in [1.54, 1.807) is 37.4 Å². The number of carbonyl (C=O) groups excluding carboxylic acids is 2. The van der Waals surface area contributed by atoms with Crippen LogP contribution in [0.2, 0.25) is 0 Å². The molecule has 0 saturated carbocycles. The van der Waals surface area contributed by atoms with Crippen molar-refractivity contribution in [3.8, 4) is 0 Å². The van der Waals surface area contributed by atoms with Gasteiger partial charge in [-0.25, -0.2) is 0 Å². The SMILES string of the molecule is Cc1ccc(C(=O)CC2(O)C(=O)N(C)c3ccc(Br)cc32)cc1. The molecule has 2 aromatic carbocycles. The van der Waals surface area contributed by atoms with E-state index in [9.17, 15) is 14.7 Å². The standard InChI is InChI=1S/C18H16BrNO3/c1-11-3-5-12(6-4-11)16(21)10-18(23)14-9-13(19)7-8-15(14)20(2)17(18)22/h3-9,23H,10H2,1-2H3. The molecule has 1 aliphatic rings. The van der Waals surface area contributed by atoms with Crippen molar-refractivity contribution in [1.82, 2.24) is 0 Å². The van der Waals surface area contributed by atoms with Gasteiger partial charge in [-0.05, 0) is 25.1 Å². The summed E-state index contributed by atoms with van der Waals surface area (Å²) in [6, 6.07) is 12.4. The molecule has 0 radical (unpaired) electrons. The van der Waals surface area contributed by atoms with E-state index >= 15 is 0 Å². The van der Waals surface area contributed by atoms with Gasteiger partial charge in [-0.1, -0.05) is 45.8 Å². The van der Waals surface area contributed by atoms with E-state index in [1.807, 2.05) is 19.1 Å². The summed E-state index contributed by atoms with van der Waals surface area (Å²) in [5.41, 5.74) is 0.793. The van der Waals surface area contributed by atoms with Gasteiger partial charge in [0, 0.05) is 22.6 Å². The average molecular weight is 374 g/mol. The Hall–Kier alpha value is -1.98. The maximum absolute atomic E-state index is 12.5. The van der Waals surface area contributed by atoms with Gasteiger partial charge in [0.15, 0.2) is 11.4 Å². The van der Waals surface area contributed by atoms with E-state index in [4.69, 9.17) is 0 Å². The minimum absolute atomic E-state index is 0.262. The first kappa shape index (κ1) is 15.9. The fourth-order valence-corrected chi connectivity index (χ4v) is 3.24. The molecule has 1 unspecified atom stereocenters. The zero-order valence-electron chi connectivity index (χ0n) is 12.8. The molecule has 0 aromatic heterocycles. The maximum Gasteiger partial charge on any atom is 0.263 e. The van der Waals surface area contributed by atoms with Crippen LogP contribution in [0, 0.1) is 6.92 Å². The lowest BCUT2D eigenvalue weighted by Crippen LogP contribution is -2.40. The van der Waals surface area contributed by atoms with Crippen LogP contribution in [-0.2, 0) is 10.4 Å². The minimum Gasteiger partial charge on any atom is -0.375 e. The van der Waals surface area contributed by atoms with Crippen molar-refractivity contribution < 1.29 is 14.7 Å². The molecule has 4 nitrogen and oxygen atoms in total. The highest BCUT2D eigenvalue weighted by Gasteiger charge is 2.49. The molecular weight excluding hydrogens is 358 g/mol. The Balaban J connectivity index is 1.98. The van der Waals surface area contributed by atoms with Gasteiger partial charge in [0.1, 0.15) is 0 Å². The number of anilines is 1. The number of hydrogen-bond donors (Lipinski definition) is 1. The second kappa shape index (κ2) is 5.58. The molecule has 5 heteroatoms. The van der Waals surface area contributed by atoms with E-state index < -0.39 is 11.5 Å². The molecule has 1 heterocycles. The number of halogens is 1. The number of Topliss-reactive ketones (excluding diaryl/α,β-unsaturated/α-hetero) is 1. The fourth-order valence-electron chi connectivity index (χ4n) is 2.88. The third kappa shape index (κ3) is 2.60. The van der Waals surface area contributed by atoms with Gasteiger partial charge < -0.3 is 10.0 Å². The quantitative estimate of drug-likeness (QED) is 0.840. The zero-order chi connectivity index (χ0) is 16.8. The van der Waals surface area contributed by atoms with E-state index in [1.165, 1.54) is 4.90 Å². The number of aliphatic hydroxyl groups is 1. The summed E-state index contributed by atoms with van der Waals surface area (Å²) in [4.78, 5) is 26.4. The van der Waals surface area contributed by atoms with Crippen LogP contribution in [0.3, 0.4) is 0 Å². The number of aryl methyl sites for hydroxylation is 1. The number of rotatable bonds is 3. The molecule has 0 bridgehead atoms. The van der Waals surface area contributed by atoms with Gasteiger partial charge in [-0.15, -0.1) is 0 Å². The third-order valence-corrected chi connectivity index (χ3v) is 4.71. The van der Waals surface area contributed by atoms with Crippen molar-refractivity contribution in [2.45, 2.75) is 18.9 Å². The fraction of sp³-hybridized carbons (Fsp3) is 0.222. The Morgan fingerprint density at radius 3 is 2.52 bits per heavy atom. The molecule has 0 spiro atoms. The highest BCUT2D eigenvalue weighted by atomic mass is 79.9. The van der Waals surface area contributed by atoms with Crippen molar-refractivity contribution in [2.24, 2.45) is 0 Å². The smallest absolute Gasteiger partial charge is 0.263 e. The number of nitrogens with zero attached hydrogens (tertiary/aromatic N) is 1. The summed E-state index contributed by atoms with van der Waals surface area (Å²) in [5.74, 6) is -0.742. The molecule has 118 valence electrons. The summed E-state index contributed by atoms with van der Waals surface area (Å²) in [5, 5.41) is 11.0. The topological polar surface area (TPSA) is 57.6 Å². The van der Waals surface area contributed by atoms with E-state index in [2.05, 4.69) is 15.9 Å². The minimum atomic E-state index is -1.82. The van der Waals surface area contributed by atoms with Gasteiger partial charge >= 0.3 is 0 Å². The lowest BCUT2D eigenvalue weighted by atomic mass is 9.88. The Kier molecular flexibility index (Phi) is 3.86. The van der Waals surface area contributed by atoms with Gasteiger partial charge in [-0.3, -0.25) is 9.59 Å². The lowest BCUT2D eigenvalue weighted by Gasteiger charge is -2.21. The Morgan fingerprint density at radius 2 is 1.87 bits per heavy atom. The summed E-state index contributed by atoms with van der Waals surface area (Å²) in [7, 11) is 1.60. The summed E-state index contributed by atoms with van der Waals surface area (Å²) >= 11 is 3.35. The van der Waals surface area contributed by atoms with Crippen LogP contribution >= 0.6 is 15.9 Å². The van der Waals surface area contributed by atoms with Crippen LogP contribution in [-0.4, -0.2) is 23.8 Å². The predicted molar refractivity (Wildman–Crippen MR) is 91.6 cm³/mol. The number of ketones is 1. The molecular formula is C18H16BrNO3. The number of amides is 1. The first-order chi connectivity index (χ1) is 10.8. The first-order valence-electron chi connectivity index (χ1n) is 7.23. The van der Waals surface area contributed by atoms with Crippen LogP contribution in [0.15, 0.2) is 46.9 Å². The molecule has 1 aliphatic heterocycles. The largest absolute Gasteiger partial charge is 0.375 e. The van der Waals surface area contributed by atoms with Gasteiger partial charge in [0.25, 0.3) is 5.91 Å². The highest BCUT2D eigenvalue weighted by molar-refractivity contribution is 9.10. The Morgan fingerprint density at radius 1 is 1.22 bits per heavy atom. The van der Waals surface area contributed by atoms with Crippen molar-refractivity contribution >= 4 is 33.3 Å². The van der Waals surface area contributed by atoms with Crippen molar-refractivity contribution in [1.29, 1.82) is 0 Å². The van der Waals surface area contributed by atoms with E-state index in [-0.39, 0.29) is 12.2 Å². The number of fused-ring (bicyclic) bond motifs is 1. The first-order valence-corrected chi connectivity index (χ1v) is 8.02. The highest BCUT2D eigenvalue weighted by Crippen LogP contribution is 2.43.